The van der Waals surface area contributed by atoms with Crippen LogP contribution in [0.2, 0.25) is 0 Å². The molecule has 30 heavy (non-hydrogen) atoms. The van der Waals surface area contributed by atoms with E-state index >= 15 is 0 Å². The van der Waals surface area contributed by atoms with E-state index in [4.69, 9.17) is 4.74 Å². The highest BCUT2D eigenvalue weighted by molar-refractivity contribution is 5.92. The van der Waals surface area contributed by atoms with E-state index in [-0.39, 0.29) is 23.7 Å². The van der Waals surface area contributed by atoms with Crippen molar-refractivity contribution >= 4 is 17.2 Å². The maximum atomic E-state index is 13.0. The van der Waals surface area contributed by atoms with Gasteiger partial charge < -0.3 is 10.1 Å². The summed E-state index contributed by atoms with van der Waals surface area (Å²) in [5.74, 6) is 0.178. The molecule has 4 rings (SSSR count). The van der Waals surface area contributed by atoms with Crippen molar-refractivity contribution in [3.8, 4) is 11.6 Å². The summed E-state index contributed by atoms with van der Waals surface area (Å²) in [6, 6.07) is 10.3. The van der Waals surface area contributed by atoms with E-state index < -0.39 is 0 Å². The van der Waals surface area contributed by atoms with Gasteiger partial charge in [0.1, 0.15) is 11.6 Å². The molecule has 4 aromatic rings. The Morgan fingerprint density at radius 3 is 2.67 bits per heavy atom. The van der Waals surface area contributed by atoms with Crippen LogP contribution in [0.4, 0.5) is 10.1 Å². The van der Waals surface area contributed by atoms with Gasteiger partial charge >= 0.3 is 0 Å². The number of aromatic amines is 1. The van der Waals surface area contributed by atoms with Gasteiger partial charge in [0.25, 0.3) is 5.56 Å². The number of aromatic nitrogens is 4. The Bertz CT molecular complexity index is 1280. The molecule has 3 aromatic heterocycles. The molecule has 0 spiro atoms. The zero-order valence-electron chi connectivity index (χ0n) is 16.3. The maximum absolute atomic E-state index is 13.0. The Morgan fingerprint density at radius 1 is 1.20 bits per heavy atom. The number of ether oxygens (including phenoxy) is 1. The number of benzene rings is 1. The third-order valence-corrected chi connectivity index (χ3v) is 4.60. The predicted octanol–water partition coefficient (Wildman–Crippen LogP) is 3.15. The second kappa shape index (κ2) is 7.78. The normalized spacial score (nSPS) is 10.9. The average molecular weight is 407 g/mol. The number of fused-ring (bicyclic) bond motifs is 1. The first-order chi connectivity index (χ1) is 14.4. The van der Waals surface area contributed by atoms with Crippen molar-refractivity contribution in [1.82, 2.24) is 19.6 Å². The van der Waals surface area contributed by atoms with Crippen LogP contribution in [0.25, 0.3) is 5.65 Å². The first-order valence-corrected chi connectivity index (χ1v) is 9.16. The number of amides is 1. The van der Waals surface area contributed by atoms with Crippen LogP contribution in [0.5, 0.6) is 11.6 Å². The molecule has 0 saturated carbocycles. The number of halogens is 1. The van der Waals surface area contributed by atoms with Crippen molar-refractivity contribution in [2.75, 3.05) is 5.32 Å². The summed E-state index contributed by atoms with van der Waals surface area (Å²) in [6.07, 6.45) is 1.57. The van der Waals surface area contributed by atoms with Gasteiger partial charge in [0.2, 0.25) is 11.8 Å². The van der Waals surface area contributed by atoms with Gasteiger partial charge in [0.15, 0.2) is 5.65 Å². The highest BCUT2D eigenvalue weighted by Gasteiger charge is 2.14. The van der Waals surface area contributed by atoms with Crippen LogP contribution in [0, 0.1) is 19.7 Å². The highest BCUT2D eigenvalue weighted by atomic mass is 19.1. The number of hydrogen-bond acceptors (Lipinski definition) is 5. The molecule has 0 bridgehead atoms. The number of nitrogens with one attached hydrogen (secondary N) is 2. The fraction of sp³-hybridized carbons (Fsp3) is 0.143. The van der Waals surface area contributed by atoms with Crippen LogP contribution in [0.1, 0.15) is 17.0 Å². The second-order valence-electron chi connectivity index (χ2n) is 6.74. The van der Waals surface area contributed by atoms with E-state index in [2.05, 4.69) is 20.4 Å². The lowest BCUT2D eigenvalue weighted by Crippen LogP contribution is -2.18. The quantitative estimate of drug-likeness (QED) is 0.529. The molecule has 0 aliphatic heterocycles. The summed E-state index contributed by atoms with van der Waals surface area (Å²) in [6.45, 7) is 3.62. The van der Waals surface area contributed by atoms with E-state index in [1.54, 1.807) is 23.6 Å². The summed E-state index contributed by atoms with van der Waals surface area (Å²) < 4.78 is 20.1. The van der Waals surface area contributed by atoms with Gasteiger partial charge in [-0.25, -0.2) is 18.9 Å². The molecule has 0 fully saturated rings. The average Bonchev–Trinajstić information content (AvgIpc) is 3.09. The van der Waals surface area contributed by atoms with Gasteiger partial charge in [-0.05, 0) is 44.2 Å². The van der Waals surface area contributed by atoms with Crippen molar-refractivity contribution in [1.29, 1.82) is 0 Å². The zero-order chi connectivity index (χ0) is 21.3. The molecule has 0 saturated heterocycles. The Balaban J connectivity index is 1.44. The number of anilines is 1. The molecule has 8 nitrogen and oxygen atoms in total. The Hall–Kier alpha value is -4.01. The maximum Gasteiger partial charge on any atom is 0.266 e. The summed E-state index contributed by atoms with van der Waals surface area (Å²) in [4.78, 5) is 32.6. The van der Waals surface area contributed by atoms with Gasteiger partial charge in [-0.3, -0.25) is 14.7 Å². The van der Waals surface area contributed by atoms with Crippen LogP contribution in [-0.4, -0.2) is 25.5 Å². The molecule has 0 radical (unpaired) electrons. The summed E-state index contributed by atoms with van der Waals surface area (Å²) in [5, 5.41) is 5.45. The largest absolute Gasteiger partial charge is 0.439 e. The highest BCUT2D eigenvalue weighted by Crippen LogP contribution is 2.21. The lowest BCUT2D eigenvalue weighted by molar-refractivity contribution is -0.115. The fourth-order valence-electron chi connectivity index (χ4n) is 3.12. The van der Waals surface area contributed by atoms with Gasteiger partial charge in [-0.15, -0.1) is 0 Å². The smallest absolute Gasteiger partial charge is 0.266 e. The molecule has 1 amide bonds. The molecule has 0 unspecified atom stereocenters. The van der Waals surface area contributed by atoms with E-state index in [0.717, 1.165) is 11.3 Å². The number of carbonyl (C=O) groups is 1. The third-order valence-electron chi connectivity index (χ3n) is 4.60. The van der Waals surface area contributed by atoms with Crippen LogP contribution in [-0.2, 0) is 11.2 Å². The van der Waals surface area contributed by atoms with E-state index in [1.165, 1.54) is 36.5 Å². The Kier molecular flexibility index (Phi) is 5.01. The molecule has 0 atom stereocenters. The molecule has 0 aliphatic rings. The van der Waals surface area contributed by atoms with Crippen molar-refractivity contribution in [2.45, 2.75) is 20.3 Å². The number of hydrogen-bond donors (Lipinski definition) is 2. The van der Waals surface area contributed by atoms with Gasteiger partial charge in [0.05, 0.1) is 18.3 Å². The van der Waals surface area contributed by atoms with Crippen molar-refractivity contribution in [3.63, 3.8) is 0 Å². The van der Waals surface area contributed by atoms with E-state index in [1.807, 2.05) is 6.92 Å². The van der Waals surface area contributed by atoms with Gasteiger partial charge in [-0.1, -0.05) is 0 Å². The number of nitrogens with zero attached hydrogens (tertiary/aromatic N) is 3. The molecule has 152 valence electrons. The minimum Gasteiger partial charge on any atom is -0.439 e. The van der Waals surface area contributed by atoms with Crippen LogP contribution < -0.4 is 15.6 Å². The number of carbonyl (C=O) groups excluding carboxylic acids is 1. The molecule has 9 heteroatoms. The van der Waals surface area contributed by atoms with Crippen LogP contribution in [0.15, 0.2) is 53.5 Å². The molecule has 0 aliphatic carbocycles. The minimum absolute atomic E-state index is 0.0919. The number of pyridine rings is 1. The first-order valence-electron chi connectivity index (χ1n) is 9.16. The van der Waals surface area contributed by atoms with Gasteiger partial charge in [-0.2, -0.15) is 0 Å². The lowest BCUT2D eigenvalue weighted by atomic mass is 10.1. The standard InChI is InChI=1S/C21H18FN5O3/c1-12-17(13(2)27-18(24-12)10-20(29)26-27)9-19(28)25-15-5-8-21(23-11-15)30-16-6-3-14(22)4-7-16/h3-8,10-11H,9H2,1-2H3,(H,25,28)(H,26,29). The van der Waals surface area contributed by atoms with Crippen LogP contribution >= 0.6 is 0 Å². The predicted molar refractivity (Wildman–Crippen MR) is 108 cm³/mol. The fourth-order valence-corrected chi connectivity index (χ4v) is 3.12. The van der Waals surface area contributed by atoms with E-state index in [9.17, 15) is 14.0 Å². The number of aryl methyl sites for hydroxylation is 2. The van der Waals surface area contributed by atoms with Gasteiger partial charge in [0, 0.05) is 29.1 Å². The van der Waals surface area contributed by atoms with Crippen molar-refractivity contribution < 1.29 is 13.9 Å². The molecule has 2 N–H and O–H groups in total. The topological polar surface area (TPSA) is 101 Å². The molecular formula is C21H18FN5O3. The minimum atomic E-state index is -0.351. The lowest BCUT2D eigenvalue weighted by Gasteiger charge is -2.12. The van der Waals surface area contributed by atoms with E-state index in [0.29, 0.717) is 28.7 Å². The molecular weight excluding hydrogens is 389 g/mol. The second-order valence-corrected chi connectivity index (χ2v) is 6.74. The summed E-state index contributed by atoms with van der Waals surface area (Å²) in [5.41, 5.74) is 2.93. The van der Waals surface area contributed by atoms with Crippen molar-refractivity contribution in [3.05, 3.63) is 81.8 Å². The SMILES string of the molecule is Cc1nc2cc(=O)[nH]n2c(C)c1CC(=O)Nc1ccc(Oc2ccc(F)cc2)nc1. The Morgan fingerprint density at radius 2 is 1.97 bits per heavy atom. The summed E-state index contributed by atoms with van der Waals surface area (Å²) in [7, 11) is 0. The van der Waals surface area contributed by atoms with Crippen LogP contribution in [0.3, 0.4) is 0 Å². The number of H-pyrrole nitrogens is 1. The number of rotatable bonds is 5. The zero-order valence-corrected chi connectivity index (χ0v) is 16.3. The monoisotopic (exact) mass is 407 g/mol. The molecule has 3 heterocycles. The molecule has 1 aromatic carbocycles. The summed E-state index contributed by atoms with van der Waals surface area (Å²) >= 11 is 0. The first kappa shape index (κ1) is 19.3. The van der Waals surface area contributed by atoms with Crippen molar-refractivity contribution in [2.24, 2.45) is 0 Å². The third kappa shape index (κ3) is 4.04. The Labute approximate surface area is 170 Å².